The Bertz CT molecular complexity index is 823. The van der Waals surface area contributed by atoms with Crippen LogP contribution in [0.5, 0.6) is 11.5 Å². The summed E-state index contributed by atoms with van der Waals surface area (Å²) in [6.07, 6.45) is 7.29. The number of carbonyl (C=O) groups excluding carboxylic acids is 1. The lowest BCUT2D eigenvalue weighted by molar-refractivity contribution is 0.103. The van der Waals surface area contributed by atoms with Crippen LogP contribution in [0.2, 0.25) is 0 Å². The van der Waals surface area contributed by atoms with Crippen molar-refractivity contribution in [2.75, 3.05) is 39.4 Å². The fourth-order valence-electron chi connectivity index (χ4n) is 5.14. The molecule has 2 saturated heterocycles. The van der Waals surface area contributed by atoms with Crippen molar-refractivity contribution in [3.05, 3.63) is 59.7 Å². The first-order chi connectivity index (χ1) is 16.6. The van der Waals surface area contributed by atoms with Gasteiger partial charge in [-0.1, -0.05) is 0 Å². The molecule has 34 heavy (non-hydrogen) atoms. The molecule has 2 atom stereocenters. The molecule has 4 rings (SSSR count). The highest BCUT2D eigenvalue weighted by Gasteiger charge is 2.20. The molecule has 5 heteroatoms. The van der Waals surface area contributed by atoms with Crippen LogP contribution in [-0.2, 0) is 0 Å². The molecular formula is C29H40N2O3. The normalized spacial score (nSPS) is 21.1. The summed E-state index contributed by atoms with van der Waals surface area (Å²) < 4.78 is 11.8. The van der Waals surface area contributed by atoms with Gasteiger partial charge in [0.1, 0.15) is 11.5 Å². The first-order valence-electron chi connectivity index (χ1n) is 13.1. The van der Waals surface area contributed by atoms with E-state index in [0.717, 1.165) is 37.4 Å². The molecule has 2 aromatic carbocycles. The van der Waals surface area contributed by atoms with Gasteiger partial charge in [-0.15, -0.1) is 0 Å². The highest BCUT2D eigenvalue weighted by atomic mass is 16.5. The van der Waals surface area contributed by atoms with E-state index in [1.54, 1.807) is 0 Å². The summed E-state index contributed by atoms with van der Waals surface area (Å²) >= 11 is 0. The van der Waals surface area contributed by atoms with E-state index in [2.05, 4.69) is 23.6 Å². The van der Waals surface area contributed by atoms with E-state index < -0.39 is 0 Å². The van der Waals surface area contributed by atoms with Crippen molar-refractivity contribution in [3.63, 3.8) is 0 Å². The van der Waals surface area contributed by atoms with Gasteiger partial charge in [0.15, 0.2) is 5.78 Å². The molecule has 2 aromatic rings. The maximum atomic E-state index is 12.9. The van der Waals surface area contributed by atoms with E-state index in [9.17, 15) is 4.79 Å². The largest absolute Gasteiger partial charge is 0.494 e. The fraction of sp³-hybridized carbons (Fsp3) is 0.552. The third-order valence-corrected chi connectivity index (χ3v) is 7.33. The molecule has 0 amide bonds. The second-order valence-corrected chi connectivity index (χ2v) is 9.84. The summed E-state index contributed by atoms with van der Waals surface area (Å²) in [7, 11) is 0. The van der Waals surface area contributed by atoms with E-state index in [1.165, 1.54) is 38.8 Å². The molecule has 2 fully saturated rings. The van der Waals surface area contributed by atoms with Crippen LogP contribution in [0, 0.1) is 0 Å². The van der Waals surface area contributed by atoms with E-state index in [4.69, 9.17) is 9.47 Å². The van der Waals surface area contributed by atoms with Gasteiger partial charge in [-0.25, -0.2) is 0 Å². The Morgan fingerprint density at radius 2 is 1.15 bits per heavy atom. The molecule has 0 bridgehead atoms. The molecule has 5 nitrogen and oxygen atoms in total. The number of hydrogen-bond donors (Lipinski definition) is 0. The number of ether oxygens (including phenoxy) is 2. The predicted octanol–water partition coefficient (Wildman–Crippen LogP) is 5.42. The molecule has 0 spiro atoms. The van der Waals surface area contributed by atoms with Gasteiger partial charge in [-0.2, -0.15) is 0 Å². The van der Waals surface area contributed by atoms with E-state index in [0.29, 0.717) is 36.4 Å². The summed E-state index contributed by atoms with van der Waals surface area (Å²) in [5.41, 5.74) is 1.35. The number of ketones is 1. The monoisotopic (exact) mass is 464 g/mol. The van der Waals surface area contributed by atoms with Crippen molar-refractivity contribution in [1.29, 1.82) is 0 Å². The molecule has 0 aromatic heterocycles. The SMILES string of the molecule is CC1CCCN1CCCOc1ccc(C(=O)c2ccc(OCCCN3CCCC3C)cc2)cc1. The fourth-order valence-corrected chi connectivity index (χ4v) is 5.14. The molecule has 2 aliphatic heterocycles. The molecule has 184 valence electrons. The van der Waals surface area contributed by atoms with E-state index >= 15 is 0 Å². The zero-order valence-corrected chi connectivity index (χ0v) is 20.9. The smallest absolute Gasteiger partial charge is 0.193 e. The number of rotatable bonds is 12. The van der Waals surface area contributed by atoms with Crippen molar-refractivity contribution in [1.82, 2.24) is 9.80 Å². The number of hydrogen-bond acceptors (Lipinski definition) is 5. The van der Waals surface area contributed by atoms with Crippen molar-refractivity contribution in [3.8, 4) is 11.5 Å². The van der Waals surface area contributed by atoms with Crippen molar-refractivity contribution < 1.29 is 14.3 Å². The summed E-state index contributed by atoms with van der Waals surface area (Å²) in [5, 5.41) is 0. The van der Waals surface area contributed by atoms with Crippen LogP contribution < -0.4 is 9.47 Å². The average Bonchev–Trinajstić information content (AvgIpc) is 3.47. The molecule has 0 aliphatic carbocycles. The van der Waals surface area contributed by atoms with Gasteiger partial charge in [0.25, 0.3) is 0 Å². The zero-order valence-electron chi connectivity index (χ0n) is 20.9. The summed E-state index contributed by atoms with van der Waals surface area (Å²) in [6.45, 7) is 10.6. The minimum absolute atomic E-state index is 0.0177. The van der Waals surface area contributed by atoms with Gasteiger partial charge in [0.2, 0.25) is 0 Å². The third-order valence-electron chi connectivity index (χ3n) is 7.33. The Hall–Kier alpha value is -2.37. The van der Waals surface area contributed by atoms with Gasteiger partial charge in [-0.3, -0.25) is 4.79 Å². The van der Waals surface area contributed by atoms with Crippen molar-refractivity contribution >= 4 is 5.78 Å². The Kier molecular flexibility index (Phi) is 9.00. The molecule has 2 heterocycles. The topological polar surface area (TPSA) is 42.0 Å². The molecule has 0 saturated carbocycles. The number of nitrogens with zero attached hydrogens (tertiary/aromatic N) is 2. The lowest BCUT2D eigenvalue weighted by atomic mass is 10.0. The van der Waals surface area contributed by atoms with Gasteiger partial charge >= 0.3 is 0 Å². The number of likely N-dealkylation sites (tertiary alicyclic amines) is 2. The Balaban J connectivity index is 1.18. The maximum absolute atomic E-state index is 12.9. The van der Waals surface area contributed by atoms with Crippen LogP contribution in [0.15, 0.2) is 48.5 Å². The van der Waals surface area contributed by atoms with Crippen LogP contribution in [-0.4, -0.2) is 67.1 Å². The van der Waals surface area contributed by atoms with Gasteiger partial charge in [0, 0.05) is 36.3 Å². The lowest BCUT2D eigenvalue weighted by Gasteiger charge is -2.20. The minimum Gasteiger partial charge on any atom is -0.494 e. The van der Waals surface area contributed by atoms with Gasteiger partial charge in [0.05, 0.1) is 13.2 Å². The third kappa shape index (κ3) is 6.83. The standard InChI is InChI=1S/C29H40N2O3/c1-23-7-3-17-30(23)19-5-21-33-27-13-9-25(10-14-27)29(32)26-11-15-28(16-12-26)34-22-6-20-31-18-4-8-24(31)2/h9-16,23-24H,3-8,17-22H2,1-2H3. The second kappa shape index (κ2) is 12.4. The summed E-state index contributed by atoms with van der Waals surface area (Å²) in [4.78, 5) is 17.9. The zero-order chi connectivity index (χ0) is 23.8. The Morgan fingerprint density at radius 3 is 1.50 bits per heavy atom. The minimum atomic E-state index is 0.0177. The number of benzene rings is 2. The molecule has 0 radical (unpaired) electrons. The van der Waals surface area contributed by atoms with Crippen LogP contribution in [0.25, 0.3) is 0 Å². The molecule has 2 unspecified atom stereocenters. The molecular weight excluding hydrogens is 424 g/mol. The van der Waals surface area contributed by atoms with Crippen LogP contribution in [0.4, 0.5) is 0 Å². The summed E-state index contributed by atoms with van der Waals surface area (Å²) in [6, 6.07) is 16.4. The van der Waals surface area contributed by atoms with Crippen LogP contribution in [0.3, 0.4) is 0 Å². The number of carbonyl (C=O) groups is 1. The van der Waals surface area contributed by atoms with Gasteiger partial charge < -0.3 is 19.3 Å². The quantitative estimate of drug-likeness (QED) is 0.310. The van der Waals surface area contributed by atoms with Crippen LogP contribution in [0.1, 0.15) is 68.3 Å². The Morgan fingerprint density at radius 1 is 0.735 bits per heavy atom. The van der Waals surface area contributed by atoms with E-state index in [1.807, 2.05) is 48.5 Å². The second-order valence-electron chi connectivity index (χ2n) is 9.84. The van der Waals surface area contributed by atoms with Gasteiger partial charge in [-0.05, 0) is 114 Å². The Labute approximate surface area is 205 Å². The maximum Gasteiger partial charge on any atom is 0.193 e. The van der Waals surface area contributed by atoms with Crippen LogP contribution >= 0.6 is 0 Å². The van der Waals surface area contributed by atoms with Crippen molar-refractivity contribution in [2.24, 2.45) is 0 Å². The average molecular weight is 465 g/mol. The highest BCUT2D eigenvalue weighted by molar-refractivity contribution is 6.09. The summed E-state index contributed by atoms with van der Waals surface area (Å²) in [5.74, 6) is 1.65. The lowest BCUT2D eigenvalue weighted by Crippen LogP contribution is -2.28. The molecule has 0 N–H and O–H groups in total. The first-order valence-corrected chi connectivity index (χ1v) is 13.1. The highest BCUT2D eigenvalue weighted by Crippen LogP contribution is 2.20. The first kappa shape index (κ1) is 24.7. The predicted molar refractivity (Wildman–Crippen MR) is 137 cm³/mol. The molecule has 2 aliphatic rings. The van der Waals surface area contributed by atoms with Crippen molar-refractivity contribution in [2.45, 2.75) is 64.5 Å². The van der Waals surface area contributed by atoms with E-state index in [-0.39, 0.29) is 5.78 Å².